The van der Waals surface area contributed by atoms with Gasteiger partial charge in [0.05, 0.1) is 43.5 Å². The summed E-state index contributed by atoms with van der Waals surface area (Å²) in [5.74, 6) is 7.56. The first-order valence-electron chi connectivity index (χ1n) is 13.5. The van der Waals surface area contributed by atoms with Gasteiger partial charge in [0.25, 0.3) is 0 Å². The van der Waals surface area contributed by atoms with Gasteiger partial charge in [-0.05, 0) is 55.0 Å². The molecular formula is C33H29N5O6. The van der Waals surface area contributed by atoms with Crippen molar-refractivity contribution in [2.45, 2.75) is 13.3 Å². The van der Waals surface area contributed by atoms with Crippen LogP contribution in [0, 0.1) is 11.8 Å². The first-order chi connectivity index (χ1) is 21.3. The van der Waals surface area contributed by atoms with E-state index in [1.54, 1.807) is 50.1 Å². The van der Waals surface area contributed by atoms with Crippen molar-refractivity contribution in [3.05, 3.63) is 106 Å². The second-order valence-electron chi connectivity index (χ2n) is 9.49. The molecule has 0 saturated heterocycles. The molecule has 2 heterocycles. The topological polar surface area (TPSA) is 154 Å². The van der Waals surface area contributed by atoms with E-state index in [2.05, 4.69) is 21.8 Å². The van der Waals surface area contributed by atoms with E-state index >= 15 is 0 Å². The number of carbonyl (C=O) groups excluding carboxylic acids is 1. The lowest BCUT2D eigenvalue weighted by molar-refractivity contribution is 0.104. The Bertz CT molecular complexity index is 1980. The third-order valence-electron chi connectivity index (χ3n) is 6.65. The number of aromatic nitrogens is 3. The fraction of sp³-hybridized carbons (Fsp3) is 0.152. The number of pyridine rings is 1. The van der Waals surface area contributed by atoms with Crippen LogP contribution in [0.1, 0.15) is 29.2 Å². The van der Waals surface area contributed by atoms with Crippen LogP contribution in [0.15, 0.2) is 77.9 Å². The number of para-hydroxylation sites is 1. The number of methoxy groups -OCH3 is 2. The molecule has 0 bridgehead atoms. The van der Waals surface area contributed by atoms with Crippen molar-refractivity contribution in [1.29, 1.82) is 0 Å². The minimum absolute atomic E-state index is 0.0981. The number of nitrogens with two attached hydrogens (primary N) is 2. The van der Waals surface area contributed by atoms with Crippen molar-refractivity contribution in [3.8, 4) is 34.8 Å². The summed E-state index contributed by atoms with van der Waals surface area (Å²) in [4.78, 5) is 33.4. The number of nitrogens with zero attached hydrogens (tertiary/aromatic N) is 3. The molecule has 5 rings (SSSR count). The Labute approximate surface area is 253 Å². The average Bonchev–Trinajstić information content (AvgIpc) is 3.02. The Morgan fingerprint density at radius 2 is 1.77 bits per heavy atom. The zero-order chi connectivity index (χ0) is 31.2. The minimum Gasteiger partial charge on any atom is -0.493 e. The smallest absolute Gasteiger partial charge is 0.493 e. The fourth-order valence-electron chi connectivity index (χ4n) is 4.64. The molecule has 0 radical (unpaired) electrons. The molecule has 0 saturated carbocycles. The first-order valence-corrected chi connectivity index (χ1v) is 13.5. The van der Waals surface area contributed by atoms with Gasteiger partial charge in [0.1, 0.15) is 5.82 Å². The van der Waals surface area contributed by atoms with Gasteiger partial charge in [0.2, 0.25) is 11.4 Å². The van der Waals surface area contributed by atoms with E-state index in [9.17, 15) is 9.59 Å². The van der Waals surface area contributed by atoms with Crippen LogP contribution < -0.4 is 31.1 Å². The third-order valence-corrected chi connectivity index (χ3v) is 6.65. The molecule has 11 heteroatoms. The van der Waals surface area contributed by atoms with E-state index in [0.29, 0.717) is 45.5 Å². The van der Waals surface area contributed by atoms with Gasteiger partial charge in [0.15, 0.2) is 17.2 Å². The molecule has 5 aromatic rings. The van der Waals surface area contributed by atoms with Crippen LogP contribution in [0.5, 0.6) is 17.2 Å². The Hall–Kier alpha value is -6.02. The summed E-state index contributed by atoms with van der Waals surface area (Å²) in [5.41, 5.74) is 15.3. The lowest BCUT2D eigenvalue weighted by Gasteiger charge is -2.14. The SMILES string of the molecule is CCOC(=O)Oc1cn(-c2ccccc2)c2cc(C#Cc3cc(Cc4cnc(N)nc4N)cc(OC)c3OC)ccc2c1=O. The van der Waals surface area contributed by atoms with Crippen LogP contribution in [0.4, 0.5) is 16.6 Å². The van der Waals surface area contributed by atoms with Gasteiger partial charge in [-0.1, -0.05) is 30.0 Å². The fourth-order valence-corrected chi connectivity index (χ4v) is 4.64. The number of ether oxygens (including phenoxy) is 4. The van der Waals surface area contributed by atoms with Gasteiger partial charge in [-0.2, -0.15) is 4.98 Å². The van der Waals surface area contributed by atoms with Gasteiger partial charge in [0, 0.05) is 29.4 Å². The highest BCUT2D eigenvalue weighted by atomic mass is 16.7. The summed E-state index contributed by atoms with van der Waals surface area (Å²) in [6, 6.07) is 18.2. The highest BCUT2D eigenvalue weighted by Gasteiger charge is 2.16. The van der Waals surface area contributed by atoms with Crippen molar-refractivity contribution in [2.24, 2.45) is 0 Å². The molecule has 3 aromatic carbocycles. The minimum atomic E-state index is -0.954. The number of anilines is 2. The summed E-state index contributed by atoms with van der Waals surface area (Å²) >= 11 is 0. The van der Waals surface area contributed by atoms with Crippen molar-refractivity contribution in [3.63, 3.8) is 0 Å². The van der Waals surface area contributed by atoms with E-state index in [4.69, 9.17) is 30.4 Å². The van der Waals surface area contributed by atoms with E-state index in [1.807, 2.05) is 42.5 Å². The van der Waals surface area contributed by atoms with Crippen molar-refractivity contribution >= 4 is 28.8 Å². The van der Waals surface area contributed by atoms with E-state index in [-0.39, 0.29) is 24.1 Å². The molecule has 4 N–H and O–H groups in total. The first kappa shape index (κ1) is 29.5. The van der Waals surface area contributed by atoms with Crippen molar-refractivity contribution in [1.82, 2.24) is 14.5 Å². The average molecular weight is 592 g/mol. The number of rotatable bonds is 7. The molecule has 0 atom stereocenters. The molecular weight excluding hydrogens is 562 g/mol. The highest BCUT2D eigenvalue weighted by molar-refractivity contribution is 5.84. The largest absolute Gasteiger partial charge is 0.514 e. The molecule has 0 amide bonds. The Balaban J connectivity index is 1.60. The third kappa shape index (κ3) is 6.24. The van der Waals surface area contributed by atoms with Crippen LogP contribution in [-0.4, -0.2) is 41.5 Å². The molecule has 2 aromatic heterocycles. The highest BCUT2D eigenvalue weighted by Crippen LogP contribution is 2.33. The molecule has 0 fully saturated rings. The predicted octanol–water partition coefficient (Wildman–Crippen LogP) is 4.49. The van der Waals surface area contributed by atoms with Crippen LogP contribution >= 0.6 is 0 Å². The summed E-state index contributed by atoms with van der Waals surface area (Å²) in [6.45, 7) is 1.77. The van der Waals surface area contributed by atoms with Crippen molar-refractivity contribution in [2.75, 3.05) is 32.3 Å². The number of nitrogen functional groups attached to an aromatic ring is 2. The maximum atomic E-state index is 13.3. The summed E-state index contributed by atoms with van der Waals surface area (Å²) in [6.07, 6.45) is 2.52. The second-order valence-corrected chi connectivity index (χ2v) is 9.49. The van der Waals surface area contributed by atoms with E-state index in [0.717, 1.165) is 11.3 Å². The van der Waals surface area contributed by atoms with Gasteiger partial charge >= 0.3 is 6.16 Å². The normalized spacial score (nSPS) is 10.5. The maximum Gasteiger partial charge on any atom is 0.514 e. The zero-order valence-electron chi connectivity index (χ0n) is 24.3. The standard InChI is InChI=1S/C33H29N5O6/c1-4-43-33(40)44-28-19-38(24-8-6-5-7-9-24)26-16-20(11-13-25(26)29(28)39)10-12-22-14-21(17-27(41-2)30(22)42-3)15-23-18-36-32(35)37-31(23)34/h5-9,11,13-14,16-19H,4,15H2,1-3H3,(H4,34,35,36,37). The Morgan fingerprint density at radius 1 is 0.977 bits per heavy atom. The van der Waals surface area contributed by atoms with Crippen LogP contribution in [0.2, 0.25) is 0 Å². The number of benzene rings is 3. The number of hydrogen-bond acceptors (Lipinski definition) is 10. The zero-order valence-corrected chi connectivity index (χ0v) is 24.3. The molecule has 44 heavy (non-hydrogen) atoms. The summed E-state index contributed by atoms with van der Waals surface area (Å²) in [7, 11) is 3.09. The monoisotopic (exact) mass is 591 g/mol. The number of hydrogen-bond donors (Lipinski definition) is 2. The lowest BCUT2D eigenvalue weighted by atomic mass is 10.0. The second kappa shape index (κ2) is 12.9. The van der Waals surface area contributed by atoms with Gasteiger partial charge in [-0.25, -0.2) is 9.78 Å². The molecule has 222 valence electrons. The Morgan fingerprint density at radius 3 is 2.48 bits per heavy atom. The van der Waals surface area contributed by atoms with Gasteiger partial charge < -0.3 is 35.0 Å². The lowest BCUT2D eigenvalue weighted by Crippen LogP contribution is -2.18. The molecule has 0 aliphatic rings. The quantitative estimate of drug-likeness (QED) is 0.204. The molecule has 0 aliphatic heterocycles. The molecule has 0 aliphatic carbocycles. The van der Waals surface area contributed by atoms with Crippen LogP contribution in [0.25, 0.3) is 16.6 Å². The molecule has 11 nitrogen and oxygen atoms in total. The van der Waals surface area contributed by atoms with Gasteiger partial charge in [-0.3, -0.25) is 4.79 Å². The summed E-state index contributed by atoms with van der Waals surface area (Å²) in [5, 5.41) is 0.339. The number of fused-ring (bicyclic) bond motifs is 1. The molecule has 0 unspecified atom stereocenters. The maximum absolute atomic E-state index is 13.3. The van der Waals surface area contributed by atoms with E-state index in [1.165, 1.54) is 6.20 Å². The van der Waals surface area contributed by atoms with Crippen LogP contribution in [0.3, 0.4) is 0 Å². The Kier molecular flexibility index (Phi) is 8.62. The van der Waals surface area contributed by atoms with Crippen LogP contribution in [-0.2, 0) is 11.2 Å². The molecule has 0 spiro atoms. The van der Waals surface area contributed by atoms with E-state index < -0.39 is 11.6 Å². The number of carbonyl (C=O) groups is 1. The van der Waals surface area contributed by atoms with Gasteiger partial charge in [-0.15, -0.1) is 0 Å². The van der Waals surface area contributed by atoms with Crippen molar-refractivity contribution < 1.29 is 23.7 Å². The summed E-state index contributed by atoms with van der Waals surface area (Å²) < 4.78 is 23.1. The predicted molar refractivity (Wildman–Crippen MR) is 166 cm³/mol.